The molecule has 0 saturated carbocycles. The summed E-state index contributed by atoms with van der Waals surface area (Å²) in [5.74, 6) is 1.12. The molecule has 4 N–H and O–H groups in total. The van der Waals surface area contributed by atoms with Crippen LogP contribution >= 0.6 is 22.6 Å². The molecule has 1 aliphatic rings. The van der Waals surface area contributed by atoms with Gasteiger partial charge < -0.3 is 30.9 Å². The van der Waals surface area contributed by atoms with Crippen molar-refractivity contribution in [3.05, 3.63) is 58.3 Å². The van der Waals surface area contributed by atoms with E-state index in [1.54, 1.807) is 6.20 Å². The van der Waals surface area contributed by atoms with E-state index in [0.717, 1.165) is 41.2 Å². The first-order valence-electron chi connectivity index (χ1n) is 10.8. The number of nitrogens with one attached hydrogen (secondary N) is 4. The molecule has 1 aromatic heterocycles. The number of nitrogens with zero attached hydrogens (tertiary/aromatic N) is 3. The van der Waals surface area contributed by atoms with E-state index in [-0.39, 0.29) is 6.03 Å². The quantitative estimate of drug-likeness (QED) is 0.315. The van der Waals surface area contributed by atoms with Gasteiger partial charge in [0.25, 0.3) is 0 Å². The molecule has 1 saturated heterocycles. The predicted octanol–water partition coefficient (Wildman–Crippen LogP) is 4.55. The van der Waals surface area contributed by atoms with Crippen LogP contribution in [0.2, 0.25) is 0 Å². The number of anilines is 6. The second-order valence-electron chi connectivity index (χ2n) is 7.32. The number of ether oxygens (including phenoxy) is 1. The SMILES string of the molecule is CCNC(=O)Nc1ccccc1Nc1nc(Nc2ccc(N3CCOCC3)cc2)ncc1I. The van der Waals surface area contributed by atoms with E-state index in [2.05, 4.69) is 70.9 Å². The van der Waals surface area contributed by atoms with Crippen LogP contribution in [0.1, 0.15) is 6.92 Å². The van der Waals surface area contributed by atoms with Crippen LogP contribution in [0.4, 0.5) is 39.3 Å². The molecule has 172 valence electrons. The van der Waals surface area contributed by atoms with Gasteiger partial charge in [0.15, 0.2) is 0 Å². The molecular formula is C23H26IN7O2. The summed E-state index contributed by atoms with van der Waals surface area (Å²) in [4.78, 5) is 23.3. The van der Waals surface area contributed by atoms with Crippen molar-refractivity contribution in [1.29, 1.82) is 0 Å². The van der Waals surface area contributed by atoms with Gasteiger partial charge in [0.1, 0.15) is 5.82 Å². The molecule has 0 spiro atoms. The van der Waals surface area contributed by atoms with E-state index in [1.807, 2.05) is 43.3 Å². The Balaban J connectivity index is 1.47. The third-order valence-electron chi connectivity index (χ3n) is 5.01. The Morgan fingerprint density at radius 2 is 1.79 bits per heavy atom. The Kier molecular flexibility index (Phi) is 7.79. The number of morpholine rings is 1. The number of halogens is 1. The van der Waals surface area contributed by atoms with Gasteiger partial charge in [-0.2, -0.15) is 4.98 Å². The maximum atomic E-state index is 12.0. The lowest BCUT2D eigenvalue weighted by molar-refractivity contribution is 0.122. The summed E-state index contributed by atoms with van der Waals surface area (Å²) in [5.41, 5.74) is 3.47. The molecule has 2 heterocycles. The van der Waals surface area contributed by atoms with E-state index in [9.17, 15) is 4.79 Å². The number of hydrogen-bond acceptors (Lipinski definition) is 7. The summed E-state index contributed by atoms with van der Waals surface area (Å²) in [7, 11) is 0. The predicted molar refractivity (Wildman–Crippen MR) is 140 cm³/mol. The van der Waals surface area contributed by atoms with Crippen molar-refractivity contribution >= 4 is 63.1 Å². The molecule has 2 amide bonds. The van der Waals surface area contributed by atoms with Crippen molar-refractivity contribution in [2.45, 2.75) is 6.92 Å². The van der Waals surface area contributed by atoms with Gasteiger partial charge in [0.05, 0.1) is 28.2 Å². The first kappa shape index (κ1) is 23.1. The summed E-state index contributed by atoms with van der Waals surface area (Å²) in [6.07, 6.45) is 1.75. The lowest BCUT2D eigenvalue weighted by atomic mass is 10.2. The van der Waals surface area contributed by atoms with Gasteiger partial charge in [-0.1, -0.05) is 12.1 Å². The molecule has 1 aliphatic heterocycles. The largest absolute Gasteiger partial charge is 0.378 e. The third kappa shape index (κ3) is 6.23. The minimum atomic E-state index is -0.257. The van der Waals surface area contributed by atoms with Crippen LogP contribution < -0.4 is 26.2 Å². The molecule has 3 aromatic rings. The van der Waals surface area contributed by atoms with E-state index >= 15 is 0 Å². The number of hydrogen-bond donors (Lipinski definition) is 4. The van der Waals surface area contributed by atoms with Gasteiger partial charge in [-0.05, 0) is 65.9 Å². The summed E-state index contributed by atoms with van der Waals surface area (Å²) in [6.45, 7) is 5.74. The number of rotatable bonds is 7. The number of urea groups is 1. The average Bonchev–Trinajstić information content (AvgIpc) is 2.84. The molecule has 0 unspecified atom stereocenters. The van der Waals surface area contributed by atoms with Gasteiger partial charge in [-0.25, -0.2) is 9.78 Å². The van der Waals surface area contributed by atoms with E-state index in [0.29, 0.717) is 24.0 Å². The summed E-state index contributed by atoms with van der Waals surface area (Å²) >= 11 is 2.18. The molecule has 10 heteroatoms. The number of carbonyl (C=O) groups excluding carboxylic acids is 1. The van der Waals surface area contributed by atoms with Crippen molar-refractivity contribution in [1.82, 2.24) is 15.3 Å². The molecule has 1 fully saturated rings. The first-order valence-corrected chi connectivity index (χ1v) is 11.8. The molecule has 4 rings (SSSR count). The zero-order chi connectivity index (χ0) is 23.0. The normalized spacial score (nSPS) is 13.3. The Labute approximate surface area is 206 Å². The molecule has 0 bridgehead atoms. The highest BCUT2D eigenvalue weighted by Gasteiger charge is 2.12. The van der Waals surface area contributed by atoms with E-state index in [4.69, 9.17) is 4.74 Å². The van der Waals surface area contributed by atoms with Gasteiger partial charge in [-0.3, -0.25) is 0 Å². The standard InChI is InChI=1S/C23H26IN7O2/c1-2-25-23(32)29-20-6-4-3-5-19(20)28-21-18(24)15-26-22(30-21)27-16-7-9-17(10-8-16)31-11-13-33-14-12-31/h3-10,15H,2,11-14H2,1H3,(H2,25,29,32)(H2,26,27,28,30). The number of carbonyl (C=O) groups is 1. The molecule has 2 aromatic carbocycles. The van der Waals surface area contributed by atoms with Gasteiger partial charge in [0, 0.05) is 37.2 Å². The second kappa shape index (κ2) is 11.1. The van der Waals surface area contributed by atoms with Crippen LogP contribution in [0.25, 0.3) is 0 Å². The van der Waals surface area contributed by atoms with Crippen LogP contribution in [0.3, 0.4) is 0 Å². The number of para-hydroxylation sites is 2. The topological polar surface area (TPSA) is 103 Å². The van der Waals surface area contributed by atoms with Gasteiger partial charge in [-0.15, -0.1) is 0 Å². The lowest BCUT2D eigenvalue weighted by Crippen LogP contribution is -2.36. The Morgan fingerprint density at radius 3 is 2.52 bits per heavy atom. The van der Waals surface area contributed by atoms with Crippen molar-refractivity contribution in [3.63, 3.8) is 0 Å². The van der Waals surface area contributed by atoms with Gasteiger partial charge in [0.2, 0.25) is 5.95 Å². The van der Waals surface area contributed by atoms with E-state index in [1.165, 1.54) is 5.69 Å². The fraction of sp³-hybridized carbons (Fsp3) is 0.261. The summed E-state index contributed by atoms with van der Waals surface area (Å²) in [5, 5.41) is 12.2. The van der Waals surface area contributed by atoms with Crippen LogP contribution in [0, 0.1) is 3.57 Å². The molecular weight excluding hydrogens is 533 g/mol. The monoisotopic (exact) mass is 559 g/mol. The van der Waals surface area contributed by atoms with Crippen molar-refractivity contribution in [2.75, 3.05) is 53.7 Å². The van der Waals surface area contributed by atoms with E-state index < -0.39 is 0 Å². The second-order valence-corrected chi connectivity index (χ2v) is 8.48. The lowest BCUT2D eigenvalue weighted by Gasteiger charge is -2.28. The third-order valence-corrected chi connectivity index (χ3v) is 5.80. The fourth-order valence-corrected chi connectivity index (χ4v) is 3.77. The zero-order valence-electron chi connectivity index (χ0n) is 18.3. The number of benzene rings is 2. The Bertz CT molecular complexity index is 1090. The average molecular weight is 559 g/mol. The zero-order valence-corrected chi connectivity index (χ0v) is 20.4. The fourth-order valence-electron chi connectivity index (χ4n) is 3.38. The first-order chi connectivity index (χ1) is 16.1. The number of amides is 2. The highest BCUT2D eigenvalue weighted by Crippen LogP contribution is 2.28. The maximum absolute atomic E-state index is 12.0. The highest BCUT2D eigenvalue weighted by atomic mass is 127. The van der Waals surface area contributed by atoms with Crippen LogP contribution in [-0.4, -0.2) is 48.8 Å². The summed E-state index contributed by atoms with van der Waals surface area (Å²) in [6, 6.07) is 15.4. The molecule has 0 radical (unpaired) electrons. The smallest absolute Gasteiger partial charge is 0.319 e. The van der Waals surface area contributed by atoms with Crippen LogP contribution in [0.5, 0.6) is 0 Å². The highest BCUT2D eigenvalue weighted by molar-refractivity contribution is 14.1. The van der Waals surface area contributed by atoms with Crippen molar-refractivity contribution < 1.29 is 9.53 Å². The number of aromatic nitrogens is 2. The molecule has 33 heavy (non-hydrogen) atoms. The Hall–Kier alpha value is -3.12. The van der Waals surface area contributed by atoms with Crippen LogP contribution in [-0.2, 0) is 4.74 Å². The summed E-state index contributed by atoms with van der Waals surface area (Å²) < 4.78 is 6.28. The maximum Gasteiger partial charge on any atom is 0.319 e. The van der Waals surface area contributed by atoms with Crippen LogP contribution in [0.15, 0.2) is 54.7 Å². The molecule has 0 atom stereocenters. The Morgan fingerprint density at radius 1 is 1.06 bits per heavy atom. The van der Waals surface area contributed by atoms with Crippen molar-refractivity contribution in [2.24, 2.45) is 0 Å². The minimum absolute atomic E-state index is 0.257. The molecule has 9 nitrogen and oxygen atoms in total. The van der Waals surface area contributed by atoms with Crippen molar-refractivity contribution in [3.8, 4) is 0 Å². The molecule has 0 aliphatic carbocycles. The minimum Gasteiger partial charge on any atom is -0.378 e. The van der Waals surface area contributed by atoms with Gasteiger partial charge >= 0.3 is 6.03 Å².